The zero-order chi connectivity index (χ0) is 10.3. The summed E-state index contributed by atoms with van der Waals surface area (Å²) in [7, 11) is 0. The molecule has 0 bridgehead atoms. The summed E-state index contributed by atoms with van der Waals surface area (Å²) < 4.78 is 4.66. The maximum Gasteiger partial charge on any atom is 0.343 e. The third kappa shape index (κ3) is 3.95. The third-order valence-corrected chi connectivity index (χ3v) is 1.13. The molecule has 72 valence electrons. The molecule has 13 heavy (non-hydrogen) atoms. The fourth-order valence-electron chi connectivity index (χ4n) is 0.598. The highest BCUT2D eigenvalue weighted by Crippen LogP contribution is 1.95. The lowest BCUT2D eigenvalue weighted by Crippen LogP contribution is -2.23. The average molecular weight is 183 g/mol. The van der Waals surface area contributed by atoms with Gasteiger partial charge in [-0.05, 0) is 13.1 Å². The van der Waals surface area contributed by atoms with Crippen molar-refractivity contribution in [3.8, 4) is 0 Å². The minimum absolute atomic E-state index is 0.0123. The molecule has 0 aliphatic carbocycles. The molecule has 0 aromatic carbocycles. The fourth-order valence-corrected chi connectivity index (χ4v) is 0.598. The molecule has 0 rings (SSSR count). The molecule has 0 atom stereocenters. The van der Waals surface area contributed by atoms with Crippen molar-refractivity contribution < 1.29 is 9.53 Å². The van der Waals surface area contributed by atoms with Crippen molar-refractivity contribution in [1.29, 1.82) is 5.41 Å². The summed E-state index contributed by atoms with van der Waals surface area (Å²) in [5.74, 6) is -0.961. The van der Waals surface area contributed by atoms with Gasteiger partial charge in [-0.1, -0.05) is 6.58 Å². The van der Waals surface area contributed by atoms with Gasteiger partial charge in [0.1, 0.15) is 11.4 Å². The van der Waals surface area contributed by atoms with Crippen molar-refractivity contribution in [3.63, 3.8) is 0 Å². The Morgan fingerprint density at radius 2 is 2.38 bits per heavy atom. The number of nitrogens with one attached hydrogen (secondary N) is 2. The number of hydrogen-bond donors (Lipinski definition) is 3. The molecule has 0 saturated carbocycles. The van der Waals surface area contributed by atoms with Crippen LogP contribution in [0.25, 0.3) is 0 Å². The topological polar surface area (TPSA) is 88.2 Å². The molecule has 0 radical (unpaired) electrons. The van der Waals surface area contributed by atoms with Crippen LogP contribution < -0.4 is 11.1 Å². The van der Waals surface area contributed by atoms with Crippen molar-refractivity contribution in [2.75, 3.05) is 6.61 Å². The van der Waals surface area contributed by atoms with Gasteiger partial charge in [0.25, 0.3) is 0 Å². The van der Waals surface area contributed by atoms with E-state index in [1.165, 1.54) is 12.4 Å². The standard InChI is InChI=1S/C8H13N3O2/c1-3-11-5-6(7(9)10)8(12)13-4-2/h3,5,11H,1,4H2,2H3,(H3,9,10)/b6-5+. The Kier molecular flexibility index (Phi) is 5.02. The summed E-state index contributed by atoms with van der Waals surface area (Å²) in [6.45, 7) is 5.30. The van der Waals surface area contributed by atoms with E-state index in [1.54, 1.807) is 6.92 Å². The zero-order valence-corrected chi connectivity index (χ0v) is 7.46. The molecular weight excluding hydrogens is 170 g/mol. The first-order valence-corrected chi connectivity index (χ1v) is 3.72. The molecule has 4 N–H and O–H groups in total. The average Bonchev–Trinajstić information content (AvgIpc) is 2.05. The van der Waals surface area contributed by atoms with Gasteiger partial charge in [-0.25, -0.2) is 4.79 Å². The first-order valence-electron chi connectivity index (χ1n) is 3.72. The molecule has 0 spiro atoms. The summed E-state index contributed by atoms with van der Waals surface area (Å²) in [5.41, 5.74) is 5.14. The summed E-state index contributed by atoms with van der Waals surface area (Å²) >= 11 is 0. The number of carbonyl (C=O) groups is 1. The van der Waals surface area contributed by atoms with E-state index in [-0.39, 0.29) is 18.0 Å². The third-order valence-electron chi connectivity index (χ3n) is 1.13. The largest absolute Gasteiger partial charge is 0.462 e. The zero-order valence-electron chi connectivity index (χ0n) is 7.46. The van der Waals surface area contributed by atoms with Crippen LogP contribution in [0.5, 0.6) is 0 Å². The van der Waals surface area contributed by atoms with Gasteiger partial charge in [-0.2, -0.15) is 0 Å². The number of amidine groups is 1. The molecule has 0 aromatic rings. The Morgan fingerprint density at radius 1 is 1.77 bits per heavy atom. The van der Waals surface area contributed by atoms with Crippen LogP contribution in [0.3, 0.4) is 0 Å². The van der Waals surface area contributed by atoms with Gasteiger partial charge < -0.3 is 15.8 Å². The van der Waals surface area contributed by atoms with Gasteiger partial charge in [-0.15, -0.1) is 0 Å². The van der Waals surface area contributed by atoms with Gasteiger partial charge in [-0.3, -0.25) is 5.41 Å². The molecule has 5 heteroatoms. The predicted molar refractivity (Wildman–Crippen MR) is 50.0 cm³/mol. The lowest BCUT2D eigenvalue weighted by Gasteiger charge is -2.04. The summed E-state index contributed by atoms with van der Waals surface area (Å²) in [6.07, 6.45) is 2.63. The van der Waals surface area contributed by atoms with E-state index in [0.29, 0.717) is 0 Å². The van der Waals surface area contributed by atoms with Crippen LogP contribution in [0, 0.1) is 5.41 Å². The van der Waals surface area contributed by atoms with E-state index in [9.17, 15) is 4.79 Å². The molecule has 0 heterocycles. The van der Waals surface area contributed by atoms with Crippen LogP contribution in [0.15, 0.2) is 24.6 Å². The quantitative estimate of drug-likeness (QED) is 0.244. The number of nitrogens with two attached hydrogens (primary N) is 1. The SMILES string of the molecule is C=CN/C=C(\C(=N)N)C(=O)OCC. The van der Waals surface area contributed by atoms with Gasteiger partial charge in [0, 0.05) is 6.20 Å². The Bertz CT molecular complexity index is 246. The minimum Gasteiger partial charge on any atom is -0.462 e. The van der Waals surface area contributed by atoms with Crippen LogP contribution in [-0.2, 0) is 9.53 Å². The monoisotopic (exact) mass is 183 g/mol. The number of carbonyl (C=O) groups excluding carboxylic acids is 1. The molecule has 0 aliphatic heterocycles. The number of rotatable bonds is 5. The highest BCUT2D eigenvalue weighted by Gasteiger charge is 2.12. The normalized spacial score (nSPS) is 10.4. The van der Waals surface area contributed by atoms with E-state index in [2.05, 4.69) is 16.6 Å². The molecule has 0 amide bonds. The van der Waals surface area contributed by atoms with Gasteiger partial charge in [0.05, 0.1) is 6.61 Å². The van der Waals surface area contributed by atoms with Crippen molar-refractivity contribution >= 4 is 11.8 Å². The smallest absolute Gasteiger partial charge is 0.343 e. The van der Waals surface area contributed by atoms with Crippen molar-refractivity contribution in [3.05, 3.63) is 24.6 Å². The summed E-state index contributed by atoms with van der Waals surface area (Å²) in [5, 5.41) is 9.62. The number of hydrogen-bond acceptors (Lipinski definition) is 4. The molecule has 0 fully saturated rings. The Morgan fingerprint density at radius 3 is 2.77 bits per heavy atom. The molecule has 0 unspecified atom stereocenters. The number of esters is 1. The van der Waals surface area contributed by atoms with E-state index in [4.69, 9.17) is 11.1 Å². The first kappa shape index (κ1) is 11.2. The maximum atomic E-state index is 11.1. The molecule has 0 saturated heterocycles. The van der Waals surface area contributed by atoms with E-state index in [0.717, 1.165) is 0 Å². The lowest BCUT2D eigenvalue weighted by molar-refractivity contribution is -0.137. The van der Waals surface area contributed by atoms with Crippen molar-refractivity contribution in [2.45, 2.75) is 6.92 Å². The van der Waals surface area contributed by atoms with Crippen LogP contribution >= 0.6 is 0 Å². The predicted octanol–water partition coefficient (Wildman–Crippen LogP) is 0.102. The number of ether oxygens (including phenoxy) is 1. The molecular formula is C8H13N3O2. The first-order chi connectivity index (χ1) is 6.13. The van der Waals surface area contributed by atoms with E-state index < -0.39 is 5.97 Å². The summed E-state index contributed by atoms with van der Waals surface area (Å²) in [6, 6.07) is 0. The Labute approximate surface area is 76.8 Å². The van der Waals surface area contributed by atoms with Crippen LogP contribution in [-0.4, -0.2) is 18.4 Å². The van der Waals surface area contributed by atoms with Gasteiger partial charge in [0.2, 0.25) is 0 Å². The van der Waals surface area contributed by atoms with E-state index in [1.807, 2.05) is 0 Å². The van der Waals surface area contributed by atoms with Crippen LogP contribution in [0.2, 0.25) is 0 Å². The van der Waals surface area contributed by atoms with Crippen LogP contribution in [0.4, 0.5) is 0 Å². The maximum absolute atomic E-state index is 11.1. The van der Waals surface area contributed by atoms with Gasteiger partial charge in [0.15, 0.2) is 0 Å². The van der Waals surface area contributed by atoms with Crippen LogP contribution in [0.1, 0.15) is 6.92 Å². The Balaban J connectivity index is 4.50. The second-order valence-electron chi connectivity index (χ2n) is 2.06. The highest BCUT2D eigenvalue weighted by atomic mass is 16.5. The van der Waals surface area contributed by atoms with E-state index >= 15 is 0 Å². The second kappa shape index (κ2) is 5.82. The van der Waals surface area contributed by atoms with Crippen molar-refractivity contribution in [2.24, 2.45) is 5.73 Å². The minimum atomic E-state index is -0.621. The Hall–Kier alpha value is -1.78. The lowest BCUT2D eigenvalue weighted by atomic mass is 10.3. The molecule has 0 aromatic heterocycles. The second-order valence-corrected chi connectivity index (χ2v) is 2.06. The molecule has 0 aliphatic rings. The fraction of sp³-hybridized carbons (Fsp3) is 0.250. The van der Waals surface area contributed by atoms with Crippen molar-refractivity contribution in [1.82, 2.24) is 5.32 Å². The molecule has 5 nitrogen and oxygen atoms in total. The summed E-state index contributed by atoms with van der Waals surface area (Å²) in [4.78, 5) is 11.1. The van der Waals surface area contributed by atoms with Gasteiger partial charge >= 0.3 is 5.97 Å². The highest BCUT2D eigenvalue weighted by molar-refractivity contribution is 6.16.